The van der Waals surface area contributed by atoms with Gasteiger partial charge in [0.1, 0.15) is 12.7 Å². The van der Waals surface area contributed by atoms with E-state index in [4.69, 9.17) is 9.47 Å². The summed E-state index contributed by atoms with van der Waals surface area (Å²) in [6.45, 7) is 7.08. The molecule has 21 heavy (non-hydrogen) atoms. The van der Waals surface area contributed by atoms with Gasteiger partial charge in [0.25, 0.3) is 0 Å². The molecule has 2 unspecified atom stereocenters. The van der Waals surface area contributed by atoms with Gasteiger partial charge in [0.15, 0.2) is 11.5 Å². The summed E-state index contributed by atoms with van der Waals surface area (Å²) in [5.74, 6) is 1.44. The number of nitrogens with zero attached hydrogens (tertiary/aromatic N) is 1. The quantitative estimate of drug-likeness (QED) is 0.839. The van der Waals surface area contributed by atoms with Crippen molar-refractivity contribution in [3.63, 3.8) is 0 Å². The third-order valence-electron chi connectivity index (χ3n) is 4.07. The molecule has 1 aliphatic heterocycles. The van der Waals surface area contributed by atoms with Gasteiger partial charge in [0.05, 0.1) is 6.61 Å². The van der Waals surface area contributed by atoms with Gasteiger partial charge >= 0.3 is 0 Å². The summed E-state index contributed by atoms with van der Waals surface area (Å²) in [4.78, 5) is 2.35. The van der Waals surface area contributed by atoms with E-state index in [0.29, 0.717) is 19.0 Å². The minimum Gasteiger partial charge on any atom is -0.490 e. The largest absolute Gasteiger partial charge is 0.490 e. The number of likely N-dealkylation sites (tertiary alicyclic amines) is 1. The Balaban J connectivity index is 1.92. The van der Waals surface area contributed by atoms with E-state index in [1.54, 1.807) is 0 Å². The third-order valence-corrected chi connectivity index (χ3v) is 4.07. The average Bonchev–Trinajstić information content (AvgIpc) is 2.54. The topological polar surface area (TPSA) is 41.9 Å². The highest BCUT2D eigenvalue weighted by Gasteiger charge is 2.28. The average molecular weight is 293 g/mol. The highest BCUT2D eigenvalue weighted by Crippen LogP contribution is 2.27. The zero-order chi connectivity index (χ0) is 15.1. The number of aliphatic hydroxyl groups is 1. The molecular formula is C17H27NO3. The monoisotopic (exact) mass is 293 g/mol. The van der Waals surface area contributed by atoms with Crippen molar-refractivity contribution in [2.75, 3.05) is 26.3 Å². The molecule has 1 aliphatic rings. The fraction of sp³-hybridized carbons (Fsp3) is 0.647. The van der Waals surface area contributed by atoms with Crippen LogP contribution in [0.4, 0.5) is 0 Å². The van der Waals surface area contributed by atoms with E-state index in [9.17, 15) is 5.11 Å². The second-order valence-electron chi connectivity index (χ2n) is 5.45. The molecule has 4 heteroatoms. The normalized spacial score (nSPS) is 21.0. The van der Waals surface area contributed by atoms with Crippen molar-refractivity contribution in [2.45, 2.75) is 45.3 Å². The van der Waals surface area contributed by atoms with Crippen LogP contribution in [0.15, 0.2) is 24.3 Å². The van der Waals surface area contributed by atoms with Crippen LogP contribution in [0.1, 0.15) is 33.1 Å². The predicted molar refractivity (Wildman–Crippen MR) is 84.0 cm³/mol. The van der Waals surface area contributed by atoms with E-state index in [0.717, 1.165) is 25.3 Å². The van der Waals surface area contributed by atoms with Crippen molar-refractivity contribution in [3.05, 3.63) is 24.3 Å². The second kappa shape index (κ2) is 8.25. The van der Waals surface area contributed by atoms with E-state index < -0.39 is 6.10 Å². The van der Waals surface area contributed by atoms with Gasteiger partial charge in [-0.1, -0.05) is 25.5 Å². The first-order valence-electron chi connectivity index (χ1n) is 8.03. The molecule has 0 bridgehead atoms. The van der Waals surface area contributed by atoms with Gasteiger partial charge in [0, 0.05) is 6.04 Å². The Hall–Kier alpha value is -1.26. The molecule has 1 N–H and O–H groups in total. The summed E-state index contributed by atoms with van der Waals surface area (Å²) in [6, 6.07) is 7.83. The molecule has 0 spiro atoms. The lowest BCUT2D eigenvalue weighted by atomic mass is 9.98. The van der Waals surface area contributed by atoms with E-state index in [2.05, 4.69) is 11.8 Å². The Kier molecular flexibility index (Phi) is 6.33. The van der Waals surface area contributed by atoms with Crippen LogP contribution in [0, 0.1) is 0 Å². The Morgan fingerprint density at radius 2 is 1.90 bits per heavy atom. The number of aliphatic hydroxyl groups excluding tert-OH is 1. The van der Waals surface area contributed by atoms with Gasteiger partial charge in [-0.2, -0.15) is 0 Å². The molecule has 0 amide bonds. The van der Waals surface area contributed by atoms with Gasteiger partial charge < -0.3 is 14.6 Å². The summed E-state index contributed by atoms with van der Waals surface area (Å²) < 4.78 is 11.3. The summed E-state index contributed by atoms with van der Waals surface area (Å²) in [6.07, 6.45) is 3.00. The standard InChI is InChI=1S/C17H27NO3/c1-3-18-12-8-7-9-14(18)15(19)13-21-17-11-6-5-10-16(17)20-4-2/h5-6,10-11,14-15,19H,3-4,7-9,12-13H2,1-2H3. The second-order valence-corrected chi connectivity index (χ2v) is 5.45. The van der Waals surface area contributed by atoms with Crippen molar-refractivity contribution < 1.29 is 14.6 Å². The molecule has 0 aromatic heterocycles. The summed E-state index contributed by atoms with van der Waals surface area (Å²) in [7, 11) is 0. The van der Waals surface area contributed by atoms with Crippen LogP contribution in [0.25, 0.3) is 0 Å². The van der Waals surface area contributed by atoms with E-state index in [-0.39, 0.29) is 6.04 Å². The Bertz CT molecular complexity index is 424. The number of piperidine rings is 1. The molecular weight excluding hydrogens is 266 g/mol. The molecule has 0 radical (unpaired) electrons. The van der Waals surface area contributed by atoms with Crippen LogP contribution in [-0.4, -0.2) is 48.5 Å². The lowest BCUT2D eigenvalue weighted by Gasteiger charge is -2.37. The van der Waals surface area contributed by atoms with Crippen LogP contribution in [0.3, 0.4) is 0 Å². The minimum atomic E-state index is -0.458. The number of hydrogen-bond acceptors (Lipinski definition) is 4. The van der Waals surface area contributed by atoms with Crippen molar-refractivity contribution >= 4 is 0 Å². The van der Waals surface area contributed by atoms with Crippen LogP contribution < -0.4 is 9.47 Å². The molecule has 1 fully saturated rings. The fourth-order valence-electron chi connectivity index (χ4n) is 2.98. The van der Waals surface area contributed by atoms with Crippen molar-refractivity contribution in [1.82, 2.24) is 4.90 Å². The molecule has 4 nitrogen and oxygen atoms in total. The SMILES string of the molecule is CCOc1ccccc1OCC(O)C1CCCCN1CC. The van der Waals surface area contributed by atoms with Gasteiger partial charge in [0.2, 0.25) is 0 Å². The number of likely N-dealkylation sites (N-methyl/N-ethyl adjacent to an activating group) is 1. The lowest BCUT2D eigenvalue weighted by molar-refractivity contribution is 0.00195. The molecule has 0 aliphatic carbocycles. The maximum atomic E-state index is 10.5. The molecule has 1 saturated heterocycles. The van der Waals surface area contributed by atoms with Gasteiger partial charge in [-0.15, -0.1) is 0 Å². The van der Waals surface area contributed by atoms with Gasteiger partial charge in [-0.25, -0.2) is 0 Å². The smallest absolute Gasteiger partial charge is 0.161 e. The highest BCUT2D eigenvalue weighted by atomic mass is 16.5. The molecule has 118 valence electrons. The predicted octanol–water partition coefficient (Wildman–Crippen LogP) is 2.70. The van der Waals surface area contributed by atoms with Crippen LogP contribution >= 0.6 is 0 Å². The van der Waals surface area contributed by atoms with Crippen molar-refractivity contribution in [2.24, 2.45) is 0 Å². The molecule has 0 saturated carbocycles. The number of ether oxygens (including phenoxy) is 2. The van der Waals surface area contributed by atoms with Crippen LogP contribution in [0.2, 0.25) is 0 Å². The minimum absolute atomic E-state index is 0.211. The molecule has 1 aromatic rings. The third kappa shape index (κ3) is 4.35. The summed E-state index contributed by atoms with van der Waals surface area (Å²) in [5, 5.41) is 10.5. The Labute approximate surface area is 127 Å². The molecule has 2 atom stereocenters. The lowest BCUT2D eigenvalue weighted by Crippen LogP contribution is -2.48. The van der Waals surface area contributed by atoms with Crippen molar-refractivity contribution in [3.8, 4) is 11.5 Å². The first-order valence-corrected chi connectivity index (χ1v) is 8.03. The summed E-state index contributed by atoms with van der Waals surface area (Å²) >= 11 is 0. The zero-order valence-electron chi connectivity index (χ0n) is 13.1. The number of hydrogen-bond donors (Lipinski definition) is 1. The molecule has 1 heterocycles. The Morgan fingerprint density at radius 3 is 2.57 bits per heavy atom. The van der Waals surface area contributed by atoms with E-state index >= 15 is 0 Å². The maximum Gasteiger partial charge on any atom is 0.161 e. The Morgan fingerprint density at radius 1 is 1.19 bits per heavy atom. The number of rotatable bonds is 7. The number of para-hydroxylation sites is 2. The van der Waals surface area contributed by atoms with Gasteiger partial charge in [-0.05, 0) is 45.0 Å². The molecule has 2 rings (SSSR count). The molecule has 1 aromatic carbocycles. The van der Waals surface area contributed by atoms with E-state index in [1.165, 1.54) is 12.8 Å². The van der Waals surface area contributed by atoms with E-state index in [1.807, 2.05) is 31.2 Å². The first kappa shape index (κ1) is 16.1. The van der Waals surface area contributed by atoms with Crippen molar-refractivity contribution in [1.29, 1.82) is 0 Å². The number of benzene rings is 1. The van der Waals surface area contributed by atoms with Crippen LogP contribution in [-0.2, 0) is 0 Å². The van der Waals surface area contributed by atoms with Crippen LogP contribution in [0.5, 0.6) is 11.5 Å². The highest BCUT2D eigenvalue weighted by molar-refractivity contribution is 5.39. The maximum absolute atomic E-state index is 10.5. The summed E-state index contributed by atoms with van der Waals surface area (Å²) in [5.41, 5.74) is 0. The zero-order valence-corrected chi connectivity index (χ0v) is 13.1. The fourth-order valence-corrected chi connectivity index (χ4v) is 2.98. The first-order chi connectivity index (χ1) is 10.3. The van der Waals surface area contributed by atoms with Gasteiger partial charge in [-0.3, -0.25) is 4.90 Å².